The van der Waals surface area contributed by atoms with Gasteiger partial charge < -0.3 is 15.2 Å². The molecule has 0 aliphatic carbocycles. The van der Waals surface area contributed by atoms with E-state index in [4.69, 9.17) is 10.3 Å². The summed E-state index contributed by atoms with van der Waals surface area (Å²) in [4.78, 5) is 6.67. The molecule has 2 rings (SSSR count). The van der Waals surface area contributed by atoms with E-state index in [1.807, 2.05) is 24.6 Å². The van der Waals surface area contributed by atoms with Gasteiger partial charge >= 0.3 is 0 Å². The number of hydrogen-bond acceptors (Lipinski definition) is 6. The lowest BCUT2D eigenvalue weighted by Gasteiger charge is -2.20. The average molecular weight is 292 g/mol. The molecular formula is C14H24N6O. The largest absolute Gasteiger partial charge is 0.332 e. The number of nitrogens with two attached hydrogens (primary N) is 1. The van der Waals surface area contributed by atoms with Crippen LogP contribution in [-0.4, -0.2) is 44.5 Å². The molecule has 7 nitrogen and oxygen atoms in total. The van der Waals surface area contributed by atoms with Crippen LogP contribution in [0.15, 0.2) is 10.6 Å². The second-order valence-corrected chi connectivity index (χ2v) is 5.04. The summed E-state index contributed by atoms with van der Waals surface area (Å²) in [5, 5.41) is 8.40. The van der Waals surface area contributed by atoms with Crippen LogP contribution < -0.4 is 5.73 Å². The van der Waals surface area contributed by atoms with E-state index in [0.29, 0.717) is 11.7 Å². The third kappa shape index (κ3) is 3.48. The Bertz CT molecular complexity index is 572. The Morgan fingerprint density at radius 1 is 1.33 bits per heavy atom. The van der Waals surface area contributed by atoms with Crippen LogP contribution >= 0.6 is 0 Å². The lowest BCUT2D eigenvalue weighted by atomic mass is 10.2. The van der Waals surface area contributed by atoms with Gasteiger partial charge in [0.1, 0.15) is 5.69 Å². The van der Waals surface area contributed by atoms with Crippen LogP contribution in [0, 0.1) is 6.92 Å². The fourth-order valence-electron chi connectivity index (χ4n) is 2.29. The summed E-state index contributed by atoms with van der Waals surface area (Å²) >= 11 is 0. The third-order valence-corrected chi connectivity index (χ3v) is 3.54. The van der Waals surface area contributed by atoms with Gasteiger partial charge in [-0.1, -0.05) is 19.0 Å². The van der Waals surface area contributed by atoms with Gasteiger partial charge in [0.15, 0.2) is 5.82 Å². The van der Waals surface area contributed by atoms with Crippen molar-refractivity contribution in [3.8, 4) is 11.6 Å². The molecule has 0 saturated carbocycles. The molecule has 0 amide bonds. The van der Waals surface area contributed by atoms with Gasteiger partial charge in [-0.15, -0.1) is 0 Å². The third-order valence-electron chi connectivity index (χ3n) is 3.54. The van der Waals surface area contributed by atoms with Crippen molar-refractivity contribution in [3.63, 3.8) is 0 Å². The van der Waals surface area contributed by atoms with Crippen LogP contribution in [0.4, 0.5) is 0 Å². The molecular weight excluding hydrogens is 268 g/mol. The average Bonchev–Trinajstić information content (AvgIpc) is 3.10. The zero-order valence-electron chi connectivity index (χ0n) is 13.2. The fourth-order valence-corrected chi connectivity index (χ4v) is 2.29. The highest BCUT2D eigenvalue weighted by molar-refractivity contribution is 5.47. The molecule has 1 atom stereocenters. The Balaban J connectivity index is 2.17. The number of rotatable bonds is 7. The zero-order valence-corrected chi connectivity index (χ0v) is 13.2. The van der Waals surface area contributed by atoms with Crippen molar-refractivity contribution in [1.29, 1.82) is 0 Å². The van der Waals surface area contributed by atoms with Crippen molar-refractivity contribution in [1.82, 2.24) is 24.8 Å². The highest BCUT2D eigenvalue weighted by Crippen LogP contribution is 2.20. The Kier molecular flexibility index (Phi) is 5.08. The predicted octanol–water partition coefficient (Wildman–Crippen LogP) is 1.60. The minimum atomic E-state index is -0.249. The first-order chi connectivity index (χ1) is 10.1. The highest BCUT2D eigenvalue weighted by Gasteiger charge is 2.19. The summed E-state index contributed by atoms with van der Waals surface area (Å²) in [6, 6.07) is 1.69. The molecule has 0 fully saturated rings. The van der Waals surface area contributed by atoms with Gasteiger partial charge in [0.05, 0.1) is 11.7 Å². The van der Waals surface area contributed by atoms with Crippen LogP contribution in [0.1, 0.15) is 38.3 Å². The lowest BCUT2D eigenvalue weighted by Crippen LogP contribution is -2.32. The van der Waals surface area contributed by atoms with Gasteiger partial charge in [-0.2, -0.15) is 10.1 Å². The summed E-state index contributed by atoms with van der Waals surface area (Å²) in [6.07, 6.45) is 0. The second kappa shape index (κ2) is 6.82. The van der Waals surface area contributed by atoms with E-state index in [-0.39, 0.29) is 6.04 Å². The maximum Gasteiger partial charge on any atom is 0.276 e. The maximum absolute atomic E-state index is 6.17. The molecule has 21 heavy (non-hydrogen) atoms. The lowest BCUT2D eigenvalue weighted by molar-refractivity contribution is 0.278. The molecule has 0 radical (unpaired) electrons. The Hall–Kier alpha value is -1.73. The number of nitrogens with zero attached hydrogens (tertiary/aromatic N) is 5. The Labute approximate surface area is 125 Å². The van der Waals surface area contributed by atoms with E-state index in [1.165, 1.54) is 0 Å². The normalized spacial score (nSPS) is 13.0. The van der Waals surface area contributed by atoms with Crippen LogP contribution in [0.3, 0.4) is 0 Å². The quantitative estimate of drug-likeness (QED) is 0.834. The summed E-state index contributed by atoms with van der Waals surface area (Å²) in [5.41, 5.74) is 7.93. The molecule has 0 saturated heterocycles. The van der Waals surface area contributed by atoms with Crippen LogP contribution in [0.5, 0.6) is 0 Å². The van der Waals surface area contributed by atoms with E-state index in [1.54, 1.807) is 0 Å². The topological polar surface area (TPSA) is 86.0 Å². The molecule has 116 valence electrons. The predicted molar refractivity (Wildman–Crippen MR) is 80.6 cm³/mol. The summed E-state index contributed by atoms with van der Waals surface area (Å²) < 4.78 is 7.21. The summed E-state index contributed by atoms with van der Waals surface area (Å²) in [7, 11) is 0. The van der Waals surface area contributed by atoms with E-state index >= 15 is 0 Å². The molecule has 7 heteroatoms. The van der Waals surface area contributed by atoms with Crippen molar-refractivity contribution in [2.75, 3.05) is 19.6 Å². The molecule has 0 aliphatic heterocycles. The van der Waals surface area contributed by atoms with E-state index in [9.17, 15) is 0 Å². The zero-order chi connectivity index (χ0) is 15.4. The van der Waals surface area contributed by atoms with Crippen molar-refractivity contribution in [2.24, 2.45) is 5.73 Å². The molecule has 2 aromatic rings. The minimum absolute atomic E-state index is 0.249. The number of aryl methyl sites for hydroxylation is 2. The van der Waals surface area contributed by atoms with E-state index < -0.39 is 0 Å². The van der Waals surface area contributed by atoms with Crippen molar-refractivity contribution >= 4 is 0 Å². The Morgan fingerprint density at radius 3 is 2.67 bits per heavy atom. The Morgan fingerprint density at radius 2 is 2.05 bits per heavy atom. The molecule has 2 N–H and O–H groups in total. The van der Waals surface area contributed by atoms with Gasteiger partial charge in [-0.25, -0.2) is 0 Å². The molecule has 2 aromatic heterocycles. The van der Waals surface area contributed by atoms with Crippen molar-refractivity contribution in [3.05, 3.63) is 17.6 Å². The van der Waals surface area contributed by atoms with Gasteiger partial charge in [-0.3, -0.25) is 4.68 Å². The highest BCUT2D eigenvalue weighted by atomic mass is 16.5. The fraction of sp³-hybridized carbons (Fsp3) is 0.643. The first kappa shape index (κ1) is 15.7. The first-order valence-electron chi connectivity index (χ1n) is 7.45. The summed E-state index contributed by atoms with van der Waals surface area (Å²) in [6.45, 7) is 11.6. The first-order valence-corrected chi connectivity index (χ1v) is 7.45. The van der Waals surface area contributed by atoms with Gasteiger partial charge in [0.25, 0.3) is 5.89 Å². The van der Waals surface area contributed by atoms with Gasteiger partial charge in [0, 0.05) is 13.1 Å². The van der Waals surface area contributed by atoms with Gasteiger partial charge in [0.2, 0.25) is 0 Å². The minimum Gasteiger partial charge on any atom is -0.332 e. The number of likely N-dealkylation sites (N-methyl/N-ethyl adjacent to an activating group) is 1. The van der Waals surface area contributed by atoms with Crippen LogP contribution in [-0.2, 0) is 6.54 Å². The molecule has 0 aliphatic rings. The van der Waals surface area contributed by atoms with Crippen molar-refractivity contribution in [2.45, 2.75) is 40.3 Å². The van der Waals surface area contributed by atoms with E-state index in [2.05, 4.69) is 34.0 Å². The second-order valence-electron chi connectivity index (χ2n) is 5.04. The van der Waals surface area contributed by atoms with Crippen LogP contribution in [0.2, 0.25) is 0 Å². The number of aromatic nitrogens is 4. The van der Waals surface area contributed by atoms with E-state index in [0.717, 1.165) is 37.6 Å². The van der Waals surface area contributed by atoms with Crippen LogP contribution in [0.25, 0.3) is 11.6 Å². The summed E-state index contributed by atoms with van der Waals surface area (Å²) in [5.74, 6) is 1.01. The maximum atomic E-state index is 6.17. The molecule has 2 heterocycles. The smallest absolute Gasteiger partial charge is 0.276 e. The standard InChI is InChI=1S/C14H24N6O/c1-5-19(6-2)9-11(15)13-16-14(21-18-13)12-8-10(4)17-20(12)7-3/h8,11H,5-7,9,15H2,1-4H3. The molecule has 0 bridgehead atoms. The number of hydrogen-bond donors (Lipinski definition) is 1. The van der Waals surface area contributed by atoms with Crippen molar-refractivity contribution < 1.29 is 4.52 Å². The monoisotopic (exact) mass is 292 g/mol. The SMILES string of the molecule is CCN(CC)CC(N)c1noc(-c2cc(C)nn2CC)n1. The molecule has 0 spiro atoms. The molecule has 0 aromatic carbocycles. The molecule has 1 unspecified atom stereocenters. The van der Waals surface area contributed by atoms with Gasteiger partial charge in [-0.05, 0) is 33.0 Å².